The van der Waals surface area contributed by atoms with E-state index in [1.165, 1.54) is 19.3 Å². The lowest BCUT2D eigenvalue weighted by Crippen LogP contribution is -2.15. The van der Waals surface area contributed by atoms with Crippen molar-refractivity contribution in [1.82, 2.24) is 9.78 Å². The van der Waals surface area contributed by atoms with Crippen molar-refractivity contribution in [3.8, 4) is 5.75 Å². The summed E-state index contributed by atoms with van der Waals surface area (Å²) in [7, 11) is 1.46. The number of carbonyl (C=O) groups is 2. The number of carboxylic acids is 1. The lowest BCUT2D eigenvalue weighted by molar-refractivity contribution is 0.0686. The van der Waals surface area contributed by atoms with Crippen LogP contribution in [0.3, 0.4) is 0 Å². The summed E-state index contributed by atoms with van der Waals surface area (Å²) < 4.78 is 12.1. The highest BCUT2D eigenvalue weighted by Crippen LogP contribution is 2.28. The topological polar surface area (TPSA) is 107 Å². The van der Waals surface area contributed by atoms with Crippen molar-refractivity contribution < 1.29 is 23.8 Å². The number of ether oxygens (including phenoxy) is 1. The average Bonchev–Trinajstić information content (AvgIpc) is 3.21. The fraction of sp³-hybridized carbons (Fsp3) is 0.118. The standard InChI is InChI=1S/C17H13Cl2N3O5/c1-22-15(17(24)25)12(7-20-22)21-16(23)14-5-3-10(27-14)8-26-13-4-2-9(18)6-11(13)19/h2-7H,8H2,1H3,(H,21,23)(H,24,25). The molecule has 0 unspecified atom stereocenters. The number of amides is 1. The fourth-order valence-electron chi connectivity index (χ4n) is 2.29. The second-order valence-electron chi connectivity index (χ2n) is 5.42. The van der Waals surface area contributed by atoms with Gasteiger partial charge < -0.3 is 19.6 Å². The van der Waals surface area contributed by atoms with Crippen LogP contribution in [0.2, 0.25) is 10.0 Å². The number of aryl methyl sites for hydroxylation is 1. The van der Waals surface area contributed by atoms with Crippen molar-refractivity contribution in [1.29, 1.82) is 0 Å². The third kappa shape index (κ3) is 4.24. The van der Waals surface area contributed by atoms with Gasteiger partial charge in [0.05, 0.1) is 16.9 Å². The molecule has 2 heterocycles. The van der Waals surface area contributed by atoms with Crippen molar-refractivity contribution >= 4 is 40.8 Å². The van der Waals surface area contributed by atoms with Gasteiger partial charge in [0, 0.05) is 12.1 Å². The van der Waals surface area contributed by atoms with Gasteiger partial charge in [-0.25, -0.2) is 4.79 Å². The minimum absolute atomic E-state index is 0.00371. The number of nitrogens with zero attached hydrogens (tertiary/aromatic N) is 2. The number of furan rings is 1. The summed E-state index contributed by atoms with van der Waals surface area (Å²) in [6.45, 7) is 0.0436. The molecule has 8 nitrogen and oxygen atoms in total. The van der Waals surface area contributed by atoms with Gasteiger partial charge in [-0.3, -0.25) is 9.48 Å². The normalized spacial score (nSPS) is 10.6. The Morgan fingerprint density at radius 2 is 2.07 bits per heavy atom. The SMILES string of the molecule is Cn1ncc(NC(=O)c2ccc(COc3ccc(Cl)cc3Cl)o2)c1C(=O)O. The molecule has 0 aliphatic heterocycles. The van der Waals surface area contributed by atoms with Crippen molar-refractivity contribution in [2.45, 2.75) is 6.61 Å². The molecule has 0 aliphatic rings. The number of halogens is 2. The first-order valence-electron chi connectivity index (χ1n) is 7.58. The second kappa shape index (κ2) is 7.73. The number of hydrogen-bond donors (Lipinski definition) is 2. The van der Waals surface area contributed by atoms with Gasteiger partial charge in [-0.05, 0) is 30.3 Å². The molecule has 1 amide bonds. The summed E-state index contributed by atoms with van der Waals surface area (Å²) >= 11 is 11.8. The predicted octanol–water partition coefficient (Wildman–Crippen LogP) is 3.85. The Balaban J connectivity index is 1.66. The van der Waals surface area contributed by atoms with Crippen LogP contribution in [0.15, 0.2) is 40.9 Å². The van der Waals surface area contributed by atoms with E-state index >= 15 is 0 Å². The highest BCUT2D eigenvalue weighted by atomic mass is 35.5. The first-order valence-corrected chi connectivity index (χ1v) is 8.34. The van der Waals surface area contributed by atoms with Crippen LogP contribution < -0.4 is 10.1 Å². The van der Waals surface area contributed by atoms with Crippen molar-refractivity contribution in [2.24, 2.45) is 7.05 Å². The molecule has 0 saturated carbocycles. The molecular formula is C17H13Cl2N3O5. The third-order valence-corrected chi connectivity index (χ3v) is 4.07. The lowest BCUT2D eigenvalue weighted by atomic mass is 10.3. The van der Waals surface area contributed by atoms with E-state index in [1.54, 1.807) is 24.3 Å². The van der Waals surface area contributed by atoms with Crippen LogP contribution in [0.5, 0.6) is 5.75 Å². The molecule has 1 aromatic carbocycles. The number of carbonyl (C=O) groups excluding carboxylic acids is 1. The molecule has 10 heteroatoms. The molecule has 3 rings (SSSR count). The molecule has 0 aliphatic carbocycles. The number of hydrogen-bond acceptors (Lipinski definition) is 5. The van der Waals surface area contributed by atoms with Crippen molar-refractivity contribution in [2.75, 3.05) is 5.32 Å². The van der Waals surface area contributed by atoms with E-state index in [9.17, 15) is 9.59 Å². The Labute approximate surface area is 163 Å². The zero-order valence-electron chi connectivity index (χ0n) is 13.9. The summed E-state index contributed by atoms with van der Waals surface area (Å²) in [4.78, 5) is 23.5. The number of aromatic nitrogens is 2. The Kier molecular flexibility index (Phi) is 5.38. The number of anilines is 1. The number of carboxylic acid groups (broad SMARTS) is 1. The molecule has 27 heavy (non-hydrogen) atoms. The third-order valence-electron chi connectivity index (χ3n) is 3.54. The van der Waals surface area contributed by atoms with Gasteiger partial charge in [0.1, 0.15) is 18.1 Å². The van der Waals surface area contributed by atoms with Crippen LogP contribution >= 0.6 is 23.2 Å². The van der Waals surface area contributed by atoms with Crippen molar-refractivity contribution in [3.05, 3.63) is 63.8 Å². The van der Waals surface area contributed by atoms with Crippen LogP contribution in [0.25, 0.3) is 0 Å². The molecule has 2 N–H and O–H groups in total. The first-order chi connectivity index (χ1) is 12.8. The molecule has 2 aromatic heterocycles. The van der Waals surface area contributed by atoms with Crippen LogP contribution in [0.4, 0.5) is 5.69 Å². The summed E-state index contributed by atoms with van der Waals surface area (Å²) in [5.41, 5.74) is -0.0759. The van der Waals surface area contributed by atoms with E-state index in [-0.39, 0.29) is 23.7 Å². The van der Waals surface area contributed by atoms with Gasteiger partial charge in [-0.2, -0.15) is 5.10 Å². The average molecular weight is 410 g/mol. The molecule has 0 spiro atoms. The monoisotopic (exact) mass is 409 g/mol. The molecular weight excluding hydrogens is 397 g/mol. The fourth-order valence-corrected chi connectivity index (χ4v) is 2.75. The minimum Gasteiger partial charge on any atom is -0.484 e. The van der Waals surface area contributed by atoms with Crippen LogP contribution in [0.1, 0.15) is 26.8 Å². The Morgan fingerprint density at radius 3 is 2.78 bits per heavy atom. The van der Waals surface area contributed by atoms with Gasteiger partial charge in [-0.15, -0.1) is 0 Å². The maximum Gasteiger partial charge on any atom is 0.356 e. The molecule has 0 radical (unpaired) electrons. The van der Waals surface area contributed by atoms with Gasteiger partial charge >= 0.3 is 5.97 Å². The van der Waals surface area contributed by atoms with E-state index in [0.29, 0.717) is 21.6 Å². The molecule has 0 fully saturated rings. The van der Waals surface area contributed by atoms with Crippen LogP contribution in [-0.4, -0.2) is 26.8 Å². The molecule has 0 atom stereocenters. The first kappa shape index (κ1) is 18.8. The summed E-state index contributed by atoms with van der Waals surface area (Å²) in [5.74, 6) is -1.02. The molecule has 140 valence electrons. The Morgan fingerprint density at radius 1 is 1.30 bits per heavy atom. The summed E-state index contributed by atoms with van der Waals surface area (Å²) in [5, 5.41) is 16.3. The van der Waals surface area contributed by atoms with E-state index in [2.05, 4.69) is 10.4 Å². The van der Waals surface area contributed by atoms with E-state index in [1.807, 2.05) is 0 Å². The van der Waals surface area contributed by atoms with Gasteiger partial charge in [0.15, 0.2) is 11.5 Å². The number of nitrogens with one attached hydrogen (secondary N) is 1. The summed E-state index contributed by atoms with van der Waals surface area (Å²) in [6.07, 6.45) is 1.25. The van der Waals surface area contributed by atoms with Crippen molar-refractivity contribution in [3.63, 3.8) is 0 Å². The molecule has 3 aromatic rings. The smallest absolute Gasteiger partial charge is 0.356 e. The lowest BCUT2D eigenvalue weighted by Gasteiger charge is -2.06. The predicted molar refractivity (Wildman–Crippen MR) is 97.6 cm³/mol. The molecule has 0 saturated heterocycles. The van der Waals surface area contributed by atoms with E-state index in [4.69, 9.17) is 37.5 Å². The Hall–Kier alpha value is -2.97. The molecule has 0 bridgehead atoms. The number of benzene rings is 1. The quantitative estimate of drug-likeness (QED) is 0.640. The highest BCUT2D eigenvalue weighted by Gasteiger charge is 2.20. The van der Waals surface area contributed by atoms with Gasteiger partial charge in [0.25, 0.3) is 5.91 Å². The number of rotatable bonds is 6. The zero-order chi connectivity index (χ0) is 19.6. The maximum atomic E-state index is 12.3. The van der Waals surface area contributed by atoms with Crippen LogP contribution in [0, 0.1) is 0 Å². The highest BCUT2D eigenvalue weighted by molar-refractivity contribution is 6.35. The maximum absolute atomic E-state index is 12.3. The van der Waals surface area contributed by atoms with E-state index < -0.39 is 11.9 Å². The Bertz CT molecular complexity index is 1010. The summed E-state index contributed by atoms with van der Waals surface area (Å²) in [6, 6.07) is 7.83. The van der Waals surface area contributed by atoms with Gasteiger partial charge in [-0.1, -0.05) is 23.2 Å². The largest absolute Gasteiger partial charge is 0.484 e. The van der Waals surface area contributed by atoms with Crippen LogP contribution in [-0.2, 0) is 13.7 Å². The zero-order valence-corrected chi connectivity index (χ0v) is 15.4. The van der Waals surface area contributed by atoms with Gasteiger partial charge in [0.2, 0.25) is 0 Å². The number of aromatic carboxylic acids is 1. The second-order valence-corrected chi connectivity index (χ2v) is 6.26. The minimum atomic E-state index is -1.21. The van der Waals surface area contributed by atoms with E-state index in [0.717, 1.165) is 4.68 Å².